The summed E-state index contributed by atoms with van der Waals surface area (Å²) in [5, 5.41) is 0. The van der Waals surface area contributed by atoms with E-state index in [-0.39, 0.29) is 11.9 Å². The molecule has 0 saturated carbocycles. The molecule has 0 aromatic rings. The van der Waals surface area contributed by atoms with Gasteiger partial charge in [-0.25, -0.2) is 0 Å². The van der Waals surface area contributed by atoms with Gasteiger partial charge in [-0.15, -0.1) is 0 Å². The van der Waals surface area contributed by atoms with E-state index in [1.807, 2.05) is 6.92 Å². The number of methoxy groups -OCH3 is 1. The minimum absolute atomic E-state index is 0.00926. The lowest BCUT2D eigenvalue weighted by atomic mass is 10.0. The van der Waals surface area contributed by atoms with Gasteiger partial charge in [-0.2, -0.15) is 0 Å². The fourth-order valence-electron chi connectivity index (χ4n) is 0.895. The lowest BCUT2D eigenvalue weighted by Gasteiger charge is -2.09. The number of esters is 1. The van der Waals surface area contributed by atoms with Gasteiger partial charge in [0.05, 0.1) is 13.0 Å². The van der Waals surface area contributed by atoms with E-state index in [1.54, 1.807) is 0 Å². The summed E-state index contributed by atoms with van der Waals surface area (Å²) in [4.78, 5) is 10.9. The first-order valence-electron chi connectivity index (χ1n) is 3.63. The van der Waals surface area contributed by atoms with Crippen LogP contribution < -0.4 is 0 Å². The summed E-state index contributed by atoms with van der Waals surface area (Å²) in [5.74, 6) is -0.119. The summed E-state index contributed by atoms with van der Waals surface area (Å²) >= 11 is 0. The molecule has 0 aromatic heterocycles. The maximum absolute atomic E-state index is 10.9. The Labute approximate surface area is 62.6 Å². The van der Waals surface area contributed by atoms with E-state index in [0.717, 1.165) is 12.8 Å². The highest BCUT2D eigenvalue weighted by atomic mass is 16.5. The number of rotatable bonds is 4. The second-order valence-electron chi connectivity index (χ2n) is 2.30. The van der Waals surface area contributed by atoms with Crippen LogP contribution in [0.3, 0.4) is 0 Å². The van der Waals surface area contributed by atoms with Gasteiger partial charge in [0.25, 0.3) is 0 Å². The molecule has 2 heteroatoms. The van der Waals surface area contributed by atoms with Crippen LogP contribution in [0.5, 0.6) is 0 Å². The van der Waals surface area contributed by atoms with Gasteiger partial charge in [0.15, 0.2) is 0 Å². The van der Waals surface area contributed by atoms with Crippen LogP contribution >= 0.6 is 0 Å². The Morgan fingerprint density at radius 1 is 1.70 bits per heavy atom. The second kappa shape index (κ2) is 5.27. The molecule has 2 nitrogen and oxygen atoms in total. The maximum Gasteiger partial charge on any atom is 0.308 e. The molecule has 1 radical (unpaired) electrons. The van der Waals surface area contributed by atoms with Gasteiger partial charge in [-0.1, -0.05) is 20.3 Å². The highest BCUT2D eigenvalue weighted by Gasteiger charge is 2.14. The third kappa shape index (κ3) is 2.85. The number of hydrogen-bond acceptors (Lipinski definition) is 2. The van der Waals surface area contributed by atoms with E-state index in [9.17, 15) is 4.79 Å². The minimum atomic E-state index is -0.128. The Kier molecular flexibility index (Phi) is 4.99. The Balaban J connectivity index is 3.68. The molecule has 0 bridgehead atoms. The molecule has 59 valence electrons. The van der Waals surface area contributed by atoms with Gasteiger partial charge in [0.1, 0.15) is 0 Å². The van der Waals surface area contributed by atoms with Crippen molar-refractivity contribution in [2.75, 3.05) is 7.11 Å². The third-order valence-corrected chi connectivity index (χ3v) is 1.52. The molecule has 0 heterocycles. The van der Waals surface area contributed by atoms with Gasteiger partial charge in [-0.05, 0) is 12.8 Å². The van der Waals surface area contributed by atoms with Gasteiger partial charge in [-0.3, -0.25) is 4.79 Å². The lowest BCUT2D eigenvalue weighted by Crippen LogP contribution is -2.14. The van der Waals surface area contributed by atoms with Crippen molar-refractivity contribution in [3.63, 3.8) is 0 Å². The SMILES string of the molecule is [CH2]CC(CCC)C(=O)OC. The van der Waals surface area contributed by atoms with Crippen molar-refractivity contribution in [2.45, 2.75) is 26.2 Å². The molecule has 0 aliphatic rings. The predicted molar refractivity (Wildman–Crippen MR) is 40.4 cm³/mol. The first kappa shape index (κ1) is 9.47. The van der Waals surface area contributed by atoms with Crippen molar-refractivity contribution in [1.82, 2.24) is 0 Å². The van der Waals surface area contributed by atoms with Gasteiger partial charge in [0, 0.05) is 0 Å². The van der Waals surface area contributed by atoms with Crippen molar-refractivity contribution in [3.05, 3.63) is 6.92 Å². The summed E-state index contributed by atoms with van der Waals surface area (Å²) in [6.45, 7) is 5.72. The Bertz CT molecular complexity index is 99.4. The van der Waals surface area contributed by atoms with Crippen LogP contribution in [-0.2, 0) is 9.53 Å². The lowest BCUT2D eigenvalue weighted by molar-refractivity contribution is -0.145. The molecule has 0 N–H and O–H groups in total. The van der Waals surface area contributed by atoms with E-state index < -0.39 is 0 Å². The standard InChI is InChI=1S/C8H15O2/c1-4-6-7(5-2)8(9)10-3/h7H,2,4-6H2,1,3H3. The molecule has 0 aliphatic heterocycles. The Hall–Kier alpha value is -0.530. The molecule has 0 rings (SSSR count). The first-order valence-corrected chi connectivity index (χ1v) is 3.63. The number of hydrogen-bond donors (Lipinski definition) is 0. The molecule has 0 aromatic carbocycles. The van der Waals surface area contributed by atoms with E-state index in [4.69, 9.17) is 0 Å². The Morgan fingerprint density at radius 3 is 2.60 bits per heavy atom. The molecular formula is C8H15O2. The van der Waals surface area contributed by atoms with Crippen LogP contribution in [0.15, 0.2) is 0 Å². The zero-order valence-corrected chi connectivity index (χ0v) is 6.72. The fourth-order valence-corrected chi connectivity index (χ4v) is 0.895. The van der Waals surface area contributed by atoms with Crippen molar-refractivity contribution in [2.24, 2.45) is 5.92 Å². The maximum atomic E-state index is 10.9. The fraction of sp³-hybridized carbons (Fsp3) is 0.750. The van der Waals surface area contributed by atoms with Crippen molar-refractivity contribution in [3.8, 4) is 0 Å². The topological polar surface area (TPSA) is 26.3 Å². The summed E-state index contributed by atoms with van der Waals surface area (Å²) in [7, 11) is 1.42. The summed E-state index contributed by atoms with van der Waals surface area (Å²) in [5.41, 5.74) is 0. The monoisotopic (exact) mass is 143 g/mol. The molecular weight excluding hydrogens is 128 g/mol. The van der Waals surface area contributed by atoms with Gasteiger partial charge >= 0.3 is 5.97 Å². The molecule has 1 atom stereocenters. The predicted octanol–water partition coefficient (Wildman–Crippen LogP) is 1.80. The summed E-state index contributed by atoms with van der Waals surface area (Å²) in [6.07, 6.45) is 2.53. The van der Waals surface area contributed by atoms with Crippen LogP contribution in [0.4, 0.5) is 0 Å². The second-order valence-corrected chi connectivity index (χ2v) is 2.30. The van der Waals surface area contributed by atoms with Crippen LogP contribution in [-0.4, -0.2) is 13.1 Å². The highest BCUT2D eigenvalue weighted by Crippen LogP contribution is 2.11. The Morgan fingerprint density at radius 2 is 2.30 bits per heavy atom. The van der Waals surface area contributed by atoms with Crippen molar-refractivity contribution >= 4 is 5.97 Å². The van der Waals surface area contributed by atoms with Crippen LogP contribution in [0.1, 0.15) is 26.2 Å². The van der Waals surface area contributed by atoms with Gasteiger partial charge in [0.2, 0.25) is 0 Å². The van der Waals surface area contributed by atoms with Crippen LogP contribution in [0.2, 0.25) is 0 Å². The quantitative estimate of drug-likeness (QED) is 0.561. The molecule has 0 saturated heterocycles. The zero-order valence-electron chi connectivity index (χ0n) is 6.72. The molecule has 0 aliphatic carbocycles. The smallest absolute Gasteiger partial charge is 0.308 e. The average molecular weight is 143 g/mol. The van der Waals surface area contributed by atoms with Gasteiger partial charge < -0.3 is 4.74 Å². The largest absolute Gasteiger partial charge is 0.469 e. The first-order chi connectivity index (χ1) is 4.76. The molecule has 0 fully saturated rings. The van der Waals surface area contributed by atoms with Crippen LogP contribution in [0.25, 0.3) is 0 Å². The molecule has 0 amide bonds. The van der Waals surface area contributed by atoms with E-state index in [2.05, 4.69) is 11.7 Å². The van der Waals surface area contributed by atoms with Crippen molar-refractivity contribution in [1.29, 1.82) is 0 Å². The average Bonchev–Trinajstić information content (AvgIpc) is 1.99. The van der Waals surface area contributed by atoms with E-state index in [0.29, 0.717) is 6.42 Å². The summed E-state index contributed by atoms with van der Waals surface area (Å²) < 4.78 is 4.58. The third-order valence-electron chi connectivity index (χ3n) is 1.52. The van der Waals surface area contributed by atoms with E-state index >= 15 is 0 Å². The zero-order chi connectivity index (χ0) is 7.98. The van der Waals surface area contributed by atoms with Crippen LogP contribution in [0, 0.1) is 12.8 Å². The number of carbonyl (C=O) groups is 1. The molecule has 10 heavy (non-hydrogen) atoms. The number of ether oxygens (including phenoxy) is 1. The van der Waals surface area contributed by atoms with E-state index in [1.165, 1.54) is 7.11 Å². The normalized spacial score (nSPS) is 12.7. The minimum Gasteiger partial charge on any atom is -0.469 e. The van der Waals surface area contributed by atoms with Crippen molar-refractivity contribution < 1.29 is 9.53 Å². The molecule has 1 unspecified atom stereocenters. The number of carbonyl (C=O) groups excluding carboxylic acids is 1. The molecule has 0 spiro atoms. The summed E-state index contributed by atoms with van der Waals surface area (Å²) in [6, 6.07) is 0. The highest BCUT2D eigenvalue weighted by molar-refractivity contribution is 5.72.